The average Bonchev–Trinajstić information content (AvgIpc) is 3.16. The van der Waals surface area contributed by atoms with Crippen LogP contribution in [-0.4, -0.2) is 65.0 Å². The number of H-pyrrole nitrogens is 1. The summed E-state index contributed by atoms with van der Waals surface area (Å²) in [4.78, 5) is 29.9. The number of aromatic hydroxyl groups is 1. The third kappa shape index (κ3) is 8.42. The second-order valence-electron chi connectivity index (χ2n) is 13.5. The molecule has 0 radical (unpaired) electrons. The number of phenolic OH excluding ortho intramolecular Hbond substituents is 1. The fourth-order valence-electron chi connectivity index (χ4n) is 7.22. The lowest BCUT2D eigenvalue weighted by Gasteiger charge is -2.43. The van der Waals surface area contributed by atoms with Crippen molar-refractivity contribution in [2.24, 2.45) is 5.92 Å². The summed E-state index contributed by atoms with van der Waals surface area (Å²) in [7, 11) is 0. The van der Waals surface area contributed by atoms with Crippen molar-refractivity contribution >= 4 is 17.0 Å². The van der Waals surface area contributed by atoms with E-state index in [0.29, 0.717) is 47.8 Å². The maximum atomic E-state index is 13.2. The van der Waals surface area contributed by atoms with E-state index in [2.05, 4.69) is 44.8 Å². The molecule has 3 fully saturated rings. The molecule has 1 aromatic heterocycles. The largest absolute Gasteiger partial charge is 0.506 e. The van der Waals surface area contributed by atoms with E-state index in [0.717, 1.165) is 61.2 Å². The van der Waals surface area contributed by atoms with Crippen LogP contribution in [0.5, 0.6) is 11.5 Å². The third-order valence-corrected chi connectivity index (χ3v) is 10.1. The van der Waals surface area contributed by atoms with Crippen LogP contribution >= 0.6 is 0 Å². The summed E-state index contributed by atoms with van der Waals surface area (Å²) in [5.74, 6) is 1.11. The van der Waals surface area contributed by atoms with Gasteiger partial charge < -0.3 is 35.3 Å². The van der Waals surface area contributed by atoms with Crippen molar-refractivity contribution in [3.63, 3.8) is 0 Å². The molecular formula is C41H44N4O6. The number of amides is 1. The second-order valence-corrected chi connectivity index (χ2v) is 13.5. The quantitative estimate of drug-likeness (QED) is 0.101. The van der Waals surface area contributed by atoms with Crippen LogP contribution in [0.1, 0.15) is 52.8 Å². The summed E-state index contributed by atoms with van der Waals surface area (Å²) >= 11 is 0. The van der Waals surface area contributed by atoms with Gasteiger partial charge >= 0.3 is 6.09 Å². The average molecular weight is 689 g/mol. The highest BCUT2D eigenvalue weighted by Crippen LogP contribution is 2.31. The SMILES string of the molecule is O=C(NC(c1ccccc1)c1cccc(OCc2ccc(CCNCC(O)c3ccc(O)c4[nH]c(=O)ccc34)cc2)c1)O[C@H]1CN2CCC1CC2. The van der Waals surface area contributed by atoms with Crippen molar-refractivity contribution in [1.82, 2.24) is 20.5 Å². The number of aliphatic hydroxyl groups is 1. The van der Waals surface area contributed by atoms with Gasteiger partial charge in [-0.05, 0) is 96.9 Å². The monoisotopic (exact) mass is 688 g/mol. The molecule has 3 atom stereocenters. The number of nitrogens with one attached hydrogen (secondary N) is 3. The molecule has 3 saturated heterocycles. The van der Waals surface area contributed by atoms with Crippen LogP contribution in [0.4, 0.5) is 4.79 Å². The molecule has 0 saturated carbocycles. The maximum absolute atomic E-state index is 13.2. The Kier molecular flexibility index (Phi) is 10.6. The third-order valence-electron chi connectivity index (χ3n) is 10.1. The van der Waals surface area contributed by atoms with Gasteiger partial charge in [-0.1, -0.05) is 72.8 Å². The second kappa shape index (κ2) is 15.8. The number of carbonyl (C=O) groups is 1. The van der Waals surface area contributed by atoms with Gasteiger partial charge in [0.05, 0.1) is 17.7 Å². The van der Waals surface area contributed by atoms with Gasteiger partial charge in [0, 0.05) is 24.5 Å². The topological polar surface area (TPSA) is 136 Å². The van der Waals surface area contributed by atoms with E-state index in [4.69, 9.17) is 9.47 Å². The first-order chi connectivity index (χ1) is 24.9. The summed E-state index contributed by atoms with van der Waals surface area (Å²) in [6.45, 7) is 4.37. The summed E-state index contributed by atoms with van der Waals surface area (Å²) in [5, 5.41) is 28.0. The highest BCUT2D eigenvalue weighted by molar-refractivity contribution is 5.87. The van der Waals surface area contributed by atoms with Crippen molar-refractivity contribution in [3.8, 4) is 11.5 Å². The van der Waals surface area contributed by atoms with E-state index in [1.165, 1.54) is 12.1 Å². The number of fused-ring (bicyclic) bond motifs is 4. The number of hydrogen-bond donors (Lipinski definition) is 5. The summed E-state index contributed by atoms with van der Waals surface area (Å²) < 4.78 is 12.2. The Hall–Kier alpha value is -5.16. The Morgan fingerprint density at radius 2 is 1.67 bits per heavy atom. The zero-order valence-corrected chi connectivity index (χ0v) is 28.5. The number of benzene rings is 4. The molecule has 2 bridgehead atoms. The van der Waals surface area contributed by atoms with Gasteiger partial charge in [0.2, 0.25) is 5.56 Å². The predicted octanol–water partition coefficient (Wildman–Crippen LogP) is 5.59. The molecule has 8 rings (SSSR count). The molecule has 10 nitrogen and oxygen atoms in total. The van der Waals surface area contributed by atoms with Gasteiger partial charge in [-0.15, -0.1) is 0 Å². The molecule has 51 heavy (non-hydrogen) atoms. The normalized spacial score (nSPS) is 19.4. The van der Waals surface area contributed by atoms with Gasteiger partial charge in [0.1, 0.15) is 24.2 Å². The number of aliphatic hydroxyl groups excluding tert-OH is 1. The van der Waals surface area contributed by atoms with Crippen LogP contribution in [0.2, 0.25) is 0 Å². The molecule has 5 aromatic rings. The molecular weight excluding hydrogens is 644 g/mol. The van der Waals surface area contributed by atoms with E-state index in [1.807, 2.05) is 54.6 Å². The Labute approximate surface area is 297 Å². The predicted molar refractivity (Wildman–Crippen MR) is 196 cm³/mol. The highest BCUT2D eigenvalue weighted by Gasteiger charge is 2.37. The molecule has 264 valence electrons. The lowest BCUT2D eigenvalue weighted by molar-refractivity contribution is -0.0336. The number of hydrogen-bond acceptors (Lipinski definition) is 8. The number of nitrogens with zero attached hydrogens (tertiary/aromatic N) is 1. The summed E-state index contributed by atoms with van der Waals surface area (Å²) in [5.41, 5.74) is 4.70. The number of phenols is 1. The molecule has 4 heterocycles. The van der Waals surface area contributed by atoms with Crippen LogP contribution < -0.4 is 20.9 Å². The standard InChI is InChI=1S/C41H44N4O6/c46-35-15-13-33(34-14-16-38(48)43-40(34)35)36(47)24-42-20-17-27-9-11-28(12-10-27)26-50-32-8-4-7-31(23-32)39(30-5-2-1-3-6-30)44-41(49)51-37-25-45-21-18-29(37)19-22-45/h1-16,23,29,36-37,39,42,46-47H,17-22,24-26H2,(H,43,48)(H,44,49)/t36?,37-,39?/m0/s1. The van der Waals surface area contributed by atoms with Gasteiger partial charge in [-0.25, -0.2) is 4.79 Å². The van der Waals surface area contributed by atoms with Crippen LogP contribution in [0.25, 0.3) is 10.9 Å². The number of aromatic nitrogens is 1. The first kappa shape index (κ1) is 34.3. The van der Waals surface area contributed by atoms with Crippen molar-refractivity contribution < 1.29 is 24.5 Å². The highest BCUT2D eigenvalue weighted by atomic mass is 16.6. The molecule has 4 aromatic carbocycles. The molecule has 10 heteroatoms. The number of rotatable bonds is 13. The van der Waals surface area contributed by atoms with E-state index in [-0.39, 0.29) is 23.5 Å². The number of ether oxygens (including phenoxy) is 2. The molecule has 3 aliphatic rings. The van der Waals surface area contributed by atoms with E-state index in [9.17, 15) is 19.8 Å². The number of alkyl carbamates (subject to hydrolysis) is 1. The maximum Gasteiger partial charge on any atom is 0.408 e. The van der Waals surface area contributed by atoms with Crippen LogP contribution in [0, 0.1) is 5.92 Å². The molecule has 2 unspecified atom stereocenters. The van der Waals surface area contributed by atoms with E-state index < -0.39 is 12.2 Å². The Morgan fingerprint density at radius 1 is 0.902 bits per heavy atom. The Balaban J connectivity index is 0.913. The fourth-order valence-corrected chi connectivity index (χ4v) is 7.22. The number of carbonyl (C=O) groups excluding carboxylic acids is 1. The minimum Gasteiger partial charge on any atom is -0.506 e. The zero-order chi connectivity index (χ0) is 35.2. The summed E-state index contributed by atoms with van der Waals surface area (Å²) in [6.07, 6.45) is 1.66. The molecule has 5 N–H and O–H groups in total. The Morgan fingerprint density at radius 3 is 2.43 bits per heavy atom. The first-order valence-electron chi connectivity index (χ1n) is 17.7. The zero-order valence-electron chi connectivity index (χ0n) is 28.5. The van der Waals surface area contributed by atoms with Crippen LogP contribution in [-0.2, 0) is 17.8 Å². The van der Waals surface area contributed by atoms with Gasteiger partial charge in [0.25, 0.3) is 0 Å². The van der Waals surface area contributed by atoms with Gasteiger partial charge in [-0.3, -0.25) is 9.69 Å². The smallest absolute Gasteiger partial charge is 0.408 e. The minimum atomic E-state index is -0.806. The summed E-state index contributed by atoms with van der Waals surface area (Å²) in [6, 6.07) is 31.8. The minimum absolute atomic E-state index is 0.0311. The van der Waals surface area contributed by atoms with Crippen LogP contribution in [0.3, 0.4) is 0 Å². The fraction of sp³-hybridized carbons (Fsp3) is 0.317. The van der Waals surface area contributed by atoms with Gasteiger partial charge in [-0.2, -0.15) is 0 Å². The van der Waals surface area contributed by atoms with Gasteiger partial charge in [0.15, 0.2) is 0 Å². The van der Waals surface area contributed by atoms with Crippen molar-refractivity contribution in [2.75, 3.05) is 32.7 Å². The van der Waals surface area contributed by atoms with Crippen LogP contribution in [0.15, 0.2) is 108 Å². The van der Waals surface area contributed by atoms with Crippen molar-refractivity contribution in [1.29, 1.82) is 0 Å². The Bertz CT molecular complexity index is 1990. The van der Waals surface area contributed by atoms with E-state index >= 15 is 0 Å². The van der Waals surface area contributed by atoms with Crippen molar-refractivity contribution in [3.05, 3.63) is 141 Å². The number of pyridine rings is 1. The molecule has 0 spiro atoms. The number of aromatic amines is 1. The molecule has 1 amide bonds. The lowest BCUT2D eigenvalue weighted by atomic mass is 9.86. The molecule has 3 aliphatic heterocycles. The first-order valence-corrected chi connectivity index (χ1v) is 17.7. The lowest BCUT2D eigenvalue weighted by Crippen LogP contribution is -2.52. The number of piperidine rings is 3. The molecule has 0 aliphatic carbocycles. The van der Waals surface area contributed by atoms with E-state index in [1.54, 1.807) is 12.1 Å². The van der Waals surface area contributed by atoms with Crippen molar-refractivity contribution in [2.45, 2.75) is 44.1 Å².